The van der Waals surface area contributed by atoms with Crippen LogP contribution in [0.2, 0.25) is 0 Å². The van der Waals surface area contributed by atoms with Crippen molar-refractivity contribution in [1.29, 1.82) is 0 Å². The Balaban J connectivity index is 1.44. The molecule has 44 heavy (non-hydrogen) atoms. The van der Waals surface area contributed by atoms with Crippen molar-refractivity contribution in [3.05, 3.63) is 78.6 Å². The highest BCUT2D eigenvalue weighted by atomic mass is 16.5. The van der Waals surface area contributed by atoms with Gasteiger partial charge in [0.05, 0.1) is 25.8 Å². The van der Waals surface area contributed by atoms with E-state index in [9.17, 15) is 9.59 Å². The van der Waals surface area contributed by atoms with E-state index in [4.69, 9.17) is 14.2 Å². The summed E-state index contributed by atoms with van der Waals surface area (Å²) in [7, 11) is 3.08. The van der Waals surface area contributed by atoms with Crippen molar-refractivity contribution < 1.29 is 23.8 Å². The number of nitrogens with one attached hydrogen (secondary N) is 1. The van der Waals surface area contributed by atoms with Crippen LogP contribution < -0.4 is 19.7 Å². The van der Waals surface area contributed by atoms with Gasteiger partial charge in [-0.15, -0.1) is 10.2 Å². The molecule has 3 aromatic carbocycles. The molecule has 0 spiro atoms. The van der Waals surface area contributed by atoms with Crippen LogP contribution in [-0.2, 0) is 20.9 Å². The van der Waals surface area contributed by atoms with Crippen LogP contribution in [0.1, 0.15) is 24.4 Å². The van der Waals surface area contributed by atoms with Gasteiger partial charge in [-0.2, -0.15) is 4.68 Å². The number of hydrogen-bond acceptors (Lipinski definition) is 10. The quantitative estimate of drug-likeness (QED) is 0.240. The van der Waals surface area contributed by atoms with E-state index in [0.717, 1.165) is 12.8 Å². The lowest BCUT2D eigenvalue weighted by Gasteiger charge is -2.32. The number of ether oxygens (including phenoxy) is 3. The number of benzene rings is 3. The molecule has 6 rings (SSSR count). The molecule has 1 aliphatic heterocycles. The van der Waals surface area contributed by atoms with Crippen molar-refractivity contribution >= 4 is 28.5 Å². The average Bonchev–Trinajstić information content (AvgIpc) is 3.86. The Bertz CT molecular complexity index is 1730. The Morgan fingerprint density at radius 3 is 2.64 bits per heavy atom. The third-order valence-corrected chi connectivity index (χ3v) is 7.48. The number of anilines is 1. The molecule has 1 saturated heterocycles. The van der Waals surface area contributed by atoms with Gasteiger partial charge in [-0.1, -0.05) is 29.5 Å². The van der Waals surface area contributed by atoms with Crippen molar-refractivity contribution in [2.24, 2.45) is 0 Å². The maximum Gasteiger partial charge on any atom is 0.249 e. The summed E-state index contributed by atoms with van der Waals surface area (Å²) in [6.45, 7) is 0.804. The fraction of sp³-hybridized carbons (Fsp3) is 0.300. The van der Waals surface area contributed by atoms with Gasteiger partial charge in [0.1, 0.15) is 41.6 Å². The highest BCUT2D eigenvalue weighted by Crippen LogP contribution is 2.34. The lowest BCUT2D eigenvalue weighted by molar-refractivity contribution is -0.127. The second kappa shape index (κ2) is 12.9. The maximum atomic E-state index is 14.4. The number of methoxy groups -OCH3 is 2. The molecule has 2 aromatic heterocycles. The molecule has 14 nitrogen and oxygen atoms in total. The molecule has 1 aliphatic rings. The summed E-state index contributed by atoms with van der Waals surface area (Å²) in [5, 5.41) is 22.8. The summed E-state index contributed by atoms with van der Waals surface area (Å²) in [5.41, 5.74) is 2.90. The molecule has 0 unspecified atom stereocenters. The Kier molecular flexibility index (Phi) is 8.41. The molecule has 1 N–H and O–H groups in total. The number of tetrazole rings is 1. The van der Waals surface area contributed by atoms with Crippen LogP contribution in [0.4, 0.5) is 5.69 Å². The van der Waals surface area contributed by atoms with E-state index in [0.29, 0.717) is 52.6 Å². The minimum Gasteiger partial charge on any atom is -0.497 e. The minimum atomic E-state index is -1.06. The van der Waals surface area contributed by atoms with E-state index >= 15 is 0 Å². The fourth-order valence-corrected chi connectivity index (χ4v) is 5.27. The predicted molar refractivity (Wildman–Crippen MR) is 158 cm³/mol. The Labute approximate surface area is 252 Å². The molecule has 0 saturated carbocycles. The van der Waals surface area contributed by atoms with Gasteiger partial charge >= 0.3 is 0 Å². The average molecular weight is 598 g/mol. The summed E-state index contributed by atoms with van der Waals surface area (Å²) in [6.07, 6.45) is 3.14. The van der Waals surface area contributed by atoms with Crippen LogP contribution in [0.5, 0.6) is 11.5 Å². The topological polar surface area (TPSA) is 151 Å². The summed E-state index contributed by atoms with van der Waals surface area (Å²) >= 11 is 0. The molecule has 1 fully saturated rings. The lowest BCUT2D eigenvalue weighted by atomic mass is 10.0. The second-order valence-corrected chi connectivity index (χ2v) is 10.2. The van der Waals surface area contributed by atoms with Crippen LogP contribution in [0, 0.1) is 0 Å². The maximum absolute atomic E-state index is 14.4. The summed E-state index contributed by atoms with van der Waals surface area (Å²) in [5.74, 6) is 0.246. The number of rotatable bonds is 11. The molecule has 0 bridgehead atoms. The molecule has 226 valence electrons. The number of nitrogens with zero attached hydrogens (tertiary/aromatic N) is 8. The number of carbonyl (C=O) groups is 2. The van der Waals surface area contributed by atoms with Gasteiger partial charge in [-0.3, -0.25) is 14.5 Å². The third kappa shape index (κ3) is 5.92. The molecule has 5 aromatic rings. The number of aromatic nitrogens is 7. The second-order valence-electron chi connectivity index (χ2n) is 10.2. The fourth-order valence-electron chi connectivity index (χ4n) is 5.27. The minimum absolute atomic E-state index is 0.0863. The Hall–Kier alpha value is -5.37. The van der Waals surface area contributed by atoms with Crippen molar-refractivity contribution in [2.75, 3.05) is 32.3 Å². The van der Waals surface area contributed by atoms with E-state index in [1.807, 2.05) is 24.3 Å². The molecule has 2 amide bonds. The number of amides is 2. The molecular formula is C30H31N9O5. The van der Waals surface area contributed by atoms with E-state index in [2.05, 4.69) is 31.2 Å². The first-order valence-electron chi connectivity index (χ1n) is 14.1. The van der Waals surface area contributed by atoms with Crippen molar-refractivity contribution in [3.8, 4) is 17.2 Å². The predicted octanol–water partition coefficient (Wildman–Crippen LogP) is 2.49. The SMILES string of the molecule is COc1ccc([C@H](C(=O)NC[C@@H]2CCCO2)N(C(=O)Cn2nnc3ccccc32)c2ccc(-n3cnnn3)c(OC)c2)cc1. The Morgan fingerprint density at radius 2 is 1.91 bits per heavy atom. The lowest BCUT2D eigenvalue weighted by Crippen LogP contribution is -2.46. The zero-order valence-electron chi connectivity index (χ0n) is 24.2. The van der Waals surface area contributed by atoms with Crippen LogP contribution in [0.15, 0.2) is 73.1 Å². The van der Waals surface area contributed by atoms with Gasteiger partial charge in [-0.05, 0) is 65.2 Å². The van der Waals surface area contributed by atoms with Gasteiger partial charge in [0.25, 0.3) is 0 Å². The molecular weight excluding hydrogens is 566 g/mol. The summed E-state index contributed by atoms with van der Waals surface area (Å²) < 4.78 is 19.7. The smallest absolute Gasteiger partial charge is 0.249 e. The van der Waals surface area contributed by atoms with Crippen LogP contribution in [-0.4, -0.2) is 80.5 Å². The first kappa shape index (κ1) is 28.7. The van der Waals surface area contributed by atoms with Crippen molar-refractivity contribution in [3.63, 3.8) is 0 Å². The number of hydrogen-bond donors (Lipinski definition) is 1. The van der Waals surface area contributed by atoms with Gasteiger partial charge in [0, 0.05) is 24.9 Å². The number of fused-ring (bicyclic) bond motifs is 1. The zero-order chi connectivity index (χ0) is 30.5. The monoisotopic (exact) mass is 597 g/mol. The van der Waals surface area contributed by atoms with E-state index < -0.39 is 11.9 Å². The molecule has 0 aliphatic carbocycles. The van der Waals surface area contributed by atoms with E-state index in [-0.39, 0.29) is 18.6 Å². The molecule has 0 radical (unpaired) electrons. The van der Waals surface area contributed by atoms with Crippen molar-refractivity contribution in [2.45, 2.75) is 31.5 Å². The summed E-state index contributed by atoms with van der Waals surface area (Å²) in [4.78, 5) is 30.0. The van der Waals surface area contributed by atoms with Gasteiger partial charge in [0.15, 0.2) is 0 Å². The number of carbonyl (C=O) groups excluding carboxylic acids is 2. The van der Waals surface area contributed by atoms with Crippen LogP contribution >= 0.6 is 0 Å². The normalized spacial score (nSPS) is 15.2. The zero-order valence-corrected chi connectivity index (χ0v) is 24.2. The third-order valence-electron chi connectivity index (χ3n) is 7.48. The van der Waals surface area contributed by atoms with Gasteiger partial charge in [-0.25, -0.2) is 4.68 Å². The van der Waals surface area contributed by atoms with Gasteiger partial charge in [0.2, 0.25) is 11.8 Å². The summed E-state index contributed by atoms with van der Waals surface area (Å²) in [6, 6.07) is 18.5. The van der Waals surface area contributed by atoms with E-state index in [1.54, 1.807) is 49.6 Å². The molecule has 2 atom stereocenters. The first-order chi connectivity index (χ1) is 21.6. The van der Waals surface area contributed by atoms with E-state index in [1.165, 1.54) is 27.7 Å². The Morgan fingerprint density at radius 1 is 1.07 bits per heavy atom. The van der Waals surface area contributed by atoms with Gasteiger partial charge < -0.3 is 19.5 Å². The van der Waals surface area contributed by atoms with Crippen LogP contribution in [0.25, 0.3) is 16.7 Å². The highest BCUT2D eigenvalue weighted by Gasteiger charge is 2.34. The highest BCUT2D eigenvalue weighted by molar-refractivity contribution is 6.02. The standard InChI is InChI=1S/C30H31N9O5/c1-42-22-12-9-20(10-13-22)29(30(41)31-17-23-6-5-15-44-23)39(28(40)18-37-25-8-4-3-7-24(25)33-35-37)21-11-14-26(27(16-21)43-2)38-19-32-34-36-38/h3-4,7-14,16,19,23,29H,5-6,15,17-18H2,1-2H3,(H,31,41)/t23-,29+/m0/s1. The van der Waals surface area contributed by atoms with Crippen LogP contribution in [0.3, 0.4) is 0 Å². The first-order valence-corrected chi connectivity index (χ1v) is 14.1. The largest absolute Gasteiger partial charge is 0.497 e. The number of para-hydroxylation sites is 1. The molecule has 14 heteroatoms. The van der Waals surface area contributed by atoms with Crippen molar-refractivity contribution in [1.82, 2.24) is 40.5 Å². The molecule has 3 heterocycles.